The van der Waals surface area contributed by atoms with Crippen molar-refractivity contribution in [2.45, 2.75) is 30.9 Å². The zero-order valence-electron chi connectivity index (χ0n) is 10.4. The Labute approximate surface area is 108 Å². The molecule has 0 fully saturated rings. The molecule has 0 amide bonds. The van der Waals surface area contributed by atoms with Gasteiger partial charge in [-0.3, -0.25) is 0 Å². The lowest BCUT2D eigenvalue weighted by Gasteiger charge is -2.20. The molecule has 0 aromatic heterocycles. The fourth-order valence-electron chi connectivity index (χ4n) is 1.48. The molecular formula is C13H20ClNS. The summed E-state index contributed by atoms with van der Waals surface area (Å²) in [5.41, 5.74) is 1.15. The van der Waals surface area contributed by atoms with Gasteiger partial charge in [0.1, 0.15) is 0 Å². The van der Waals surface area contributed by atoms with Crippen LogP contribution in [-0.4, -0.2) is 18.8 Å². The van der Waals surface area contributed by atoms with E-state index in [2.05, 4.69) is 38.2 Å². The largest absolute Gasteiger partial charge is 0.319 e. The van der Waals surface area contributed by atoms with E-state index in [0.717, 1.165) is 17.1 Å². The van der Waals surface area contributed by atoms with Crippen molar-refractivity contribution < 1.29 is 0 Å². The van der Waals surface area contributed by atoms with E-state index in [1.807, 2.05) is 24.9 Å². The van der Waals surface area contributed by atoms with Crippen LogP contribution in [0.5, 0.6) is 0 Å². The van der Waals surface area contributed by atoms with Crippen LogP contribution in [0.25, 0.3) is 0 Å². The van der Waals surface area contributed by atoms with Gasteiger partial charge >= 0.3 is 0 Å². The van der Waals surface area contributed by atoms with E-state index in [4.69, 9.17) is 11.6 Å². The zero-order valence-corrected chi connectivity index (χ0v) is 12.0. The van der Waals surface area contributed by atoms with Crippen LogP contribution in [0.15, 0.2) is 23.1 Å². The normalized spacial score (nSPS) is 13.1. The minimum absolute atomic E-state index is 0.602. The number of benzene rings is 1. The topological polar surface area (TPSA) is 12.0 Å². The Morgan fingerprint density at radius 2 is 2.06 bits per heavy atom. The van der Waals surface area contributed by atoms with E-state index in [9.17, 15) is 0 Å². The molecule has 1 aromatic rings. The Balaban J connectivity index is 2.73. The van der Waals surface area contributed by atoms with Crippen molar-refractivity contribution >= 4 is 23.4 Å². The molecule has 1 N–H and O–H groups in total. The van der Waals surface area contributed by atoms with Crippen molar-refractivity contribution in [3.63, 3.8) is 0 Å². The summed E-state index contributed by atoms with van der Waals surface area (Å²) in [7, 11) is 2.00. The van der Waals surface area contributed by atoms with E-state index in [1.54, 1.807) is 0 Å². The Morgan fingerprint density at radius 3 is 2.56 bits per heavy atom. The van der Waals surface area contributed by atoms with Crippen LogP contribution in [0, 0.1) is 12.8 Å². The van der Waals surface area contributed by atoms with Crippen molar-refractivity contribution in [1.82, 2.24) is 5.32 Å². The van der Waals surface area contributed by atoms with E-state index < -0.39 is 0 Å². The summed E-state index contributed by atoms with van der Waals surface area (Å²) >= 11 is 7.94. The second kappa shape index (κ2) is 6.53. The van der Waals surface area contributed by atoms with Gasteiger partial charge in [0.2, 0.25) is 0 Å². The van der Waals surface area contributed by atoms with E-state index in [-0.39, 0.29) is 0 Å². The molecule has 0 spiro atoms. The highest BCUT2D eigenvalue weighted by Crippen LogP contribution is 2.30. The van der Waals surface area contributed by atoms with E-state index >= 15 is 0 Å². The van der Waals surface area contributed by atoms with E-state index in [1.165, 1.54) is 4.90 Å². The van der Waals surface area contributed by atoms with Crippen molar-refractivity contribution in [3.8, 4) is 0 Å². The van der Waals surface area contributed by atoms with Gasteiger partial charge in [0.15, 0.2) is 0 Å². The number of nitrogens with one attached hydrogen (secondary N) is 1. The lowest BCUT2D eigenvalue weighted by atomic mass is 10.1. The quantitative estimate of drug-likeness (QED) is 0.801. The average Bonchev–Trinajstić information content (AvgIpc) is 2.22. The van der Waals surface area contributed by atoms with Crippen LogP contribution in [-0.2, 0) is 0 Å². The van der Waals surface area contributed by atoms with Gasteiger partial charge in [-0.2, -0.15) is 0 Å². The fourth-order valence-corrected chi connectivity index (χ4v) is 2.86. The van der Waals surface area contributed by atoms with Crippen molar-refractivity contribution in [3.05, 3.63) is 28.8 Å². The number of halogens is 1. The molecule has 1 unspecified atom stereocenters. The predicted molar refractivity (Wildman–Crippen MR) is 74.6 cm³/mol. The van der Waals surface area contributed by atoms with Gasteiger partial charge in [-0.25, -0.2) is 0 Å². The Kier molecular flexibility index (Phi) is 5.67. The average molecular weight is 258 g/mol. The first-order valence-electron chi connectivity index (χ1n) is 5.62. The highest BCUT2D eigenvalue weighted by Gasteiger charge is 2.14. The molecule has 90 valence electrons. The van der Waals surface area contributed by atoms with Gasteiger partial charge in [0.05, 0.1) is 0 Å². The predicted octanol–water partition coefficient (Wildman–Crippen LogP) is 3.98. The van der Waals surface area contributed by atoms with Crippen LogP contribution in [0.4, 0.5) is 0 Å². The van der Waals surface area contributed by atoms with Gasteiger partial charge in [-0.15, -0.1) is 11.8 Å². The van der Waals surface area contributed by atoms with Gasteiger partial charge in [0.25, 0.3) is 0 Å². The van der Waals surface area contributed by atoms with E-state index in [0.29, 0.717) is 11.2 Å². The maximum Gasteiger partial charge on any atom is 0.0435 e. The molecule has 0 radical (unpaired) electrons. The molecule has 1 nitrogen and oxygen atoms in total. The molecule has 1 atom stereocenters. The van der Waals surface area contributed by atoms with Crippen molar-refractivity contribution in [2.24, 2.45) is 5.92 Å². The third-order valence-electron chi connectivity index (χ3n) is 2.57. The molecule has 16 heavy (non-hydrogen) atoms. The first kappa shape index (κ1) is 13.9. The summed E-state index contributed by atoms with van der Waals surface area (Å²) in [6.07, 6.45) is 0. The van der Waals surface area contributed by atoms with Gasteiger partial charge in [-0.05, 0) is 43.7 Å². The van der Waals surface area contributed by atoms with Crippen LogP contribution in [0.3, 0.4) is 0 Å². The smallest absolute Gasteiger partial charge is 0.0435 e. The summed E-state index contributed by atoms with van der Waals surface area (Å²) in [5.74, 6) is 0.661. The summed E-state index contributed by atoms with van der Waals surface area (Å²) in [4.78, 5) is 1.30. The SMILES string of the molecule is CNCC(Sc1ccc(Cl)c(C)c1)C(C)C. The molecule has 0 aliphatic rings. The third-order valence-corrected chi connectivity index (χ3v) is 4.53. The zero-order chi connectivity index (χ0) is 12.1. The van der Waals surface area contributed by atoms with Gasteiger partial charge in [0, 0.05) is 21.7 Å². The minimum atomic E-state index is 0.602. The molecule has 3 heteroatoms. The Bertz CT molecular complexity index is 339. The van der Waals surface area contributed by atoms with Crippen LogP contribution in [0.2, 0.25) is 5.02 Å². The lowest BCUT2D eigenvalue weighted by Crippen LogP contribution is -2.25. The van der Waals surface area contributed by atoms with Crippen LogP contribution in [0.1, 0.15) is 19.4 Å². The van der Waals surface area contributed by atoms with Crippen LogP contribution >= 0.6 is 23.4 Å². The van der Waals surface area contributed by atoms with Gasteiger partial charge < -0.3 is 5.32 Å². The molecule has 0 aliphatic carbocycles. The lowest BCUT2D eigenvalue weighted by molar-refractivity contribution is 0.579. The summed E-state index contributed by atoms with van der Waals surface area (Å²) < 4.78 is 0. The summed E-state index contributed by atoms with van der Waals surface area (Å²) in [5, 5.41) is 4.70. The number of aryl methyl sites for hydroxylation is 1. The standard InChI is InChI=1S/C13H20ClNS/c1-9(2)13(8-15-4)16-11-5-6-12(14)10(3)7-11/h5-7,9,13,15H,8H2,1-4H3. The van der Waals surface area contributed by atoms with Crippen molar-refractivity contribution in [2.75, 3.05) is 13.6 Å². The maximum absolute atomic E-state index is 6.02. The van der Waals surface area contributed by atoms with Gasteiger partial charge in [-0.1, -0.05) is 25.4 Å². The number of thioether (sulfide) groups is 1. The number of hydrogen-bond acceptors (Lipinski definition) is 2. The Hall–Kier alpha value is -0.180. The highest BCUT2D eigenvalue weighted by molar-refractivity contribution is 8.00. The molecule has 0 bridgehead atoms. The molecule has 0 saturated heterocycles. The first-order valence-corrected chi connectivity index (χ1v) is 6.87. The molecule has 0 aliphatic heterocycles. The second-order valence-electron chi connectivity index (χ2n) is 4.37. The summed E-state index contributed by atoms with van der Waals surface area (Å²) in [6, 6.07) is 6.25. The van der Waals surface area contributed by atoms with Crippen LogP contribution < -0.4 is 5.32 Å². The summed E-state index contributed by atoms with van der Waals surface area (Å²) in [6.45, 7) is 7.61. The minimum Gasteiger partial charge on any atom is -0.319 e. The Morgan fingerprint density at radius 1 is 1.38 bits per heavy atom. The number of rotatable bonds is 5. The first-order chi connectivity index (χ1) is 7.54. The molecule has 0 saturated carbocycles. The molecule has 1 aromatic carbocycles. The fraction of sp³-hybridized carbons (Fsp3) is 0.538. The van der Waals surface area contributed by atoms with Crippen molar-refractivity contribution in [1.29, 1.82) is 0 Å². The monoisotopic (exact) mass is 257 g/mol. The number of hydrogen-bond donors (Lipinski definition) is 1. The third kappa shape index (κ3) is 4.00. The highest BCUT2D eigenvalue weighted by atomic mass is 35.5. The molecule has 1 rings (SSSR count). The second-order valence-corrected chi connectivity index (χ2v) is 6.09. The molecule has 0 heterocycles. The molecular weight excluding hydrogens is 238 g/mol. The maximum atomic E-state index is 6.02.